The average Bonchev–Trinajstić information content (AvgIpc) is 2.78. The van der Waals surface area contributed by atoms with Crippen LogP contribution < -0.4 is 0 Å². The molecule has 6 N–H and O–H groups in total. The third kappa shape index (κ3) is 2.41. The van der Waals surface area contributed by atoms with Gasteiger partial charge in [0.2, 0.25) is 0 Å². The lowest BCUT2D eigenvalue weighted by molar-refractivity contribution is -0.210. The number of ether oxygens (including phenoxy) is 1. The molecule has 0 saturated heterocycles. The molecule has 172 valence electrons. The normalized spacial score (nSPS) is 59.2. The minimum Gasteiger partial charge on any atom is -0.462 e. The number of esters is 1. The Morgan fingerprint density at radius 2 is 1.60 bits per heavy atom. The zero-order valence-corrected chi connectivity index (χ0v) is 18.4. The van der Waals surface area contributed by atoms with Gasteiger partial charge in [-0.25, -0.2) is 0 Å². The molecule has 0 aromatic carbocycles. The Morgan fingerprint density at radius 1 is 1.00 bits per heavy atom. The Kier molecular flexibility index (Phi) is 4.61. The van der Waals surface area contributed by atoms with E-state index in [9.17, 15) is 35.4 Å². The van der Waals surface area contributed by atoms with Crippen molar-refractivity contribution in [1.82, 2.24) is 0 Å². The van der Waals surface area contributed by atoms with Gasteiger partial charge in [0.25, 0.3) is 0 Å². The van der Waals surface area contributed by atoms with Crippen molar-refractivity contribution in [2.45, 2.75) is 102 Å². The van der Waals surface area contributed by atoms with Gasteiger partial charge in [0.05, 0.1) is 29.5 Å². The molecule has 4 aliphatic carbocycles. The predicted molar refractivity (Wildman–Crippen MR) is 105 cm³/mol. The van der Waals surface area contributed by atoms with E-state index in [4.69, 9.17) is 4.74 Å². The van der Waals surface area contributed by atoms with E-state index in [2.05, 4.69) is 0 Å². The summed E-state index contributed by atoms with van der Waals surface area (Å²) in [6.45, 7) is 7.66. The topological polar surface area (TPSA) is 148 Å². The summed E-state index contributed by atoms with van der Waals surface area (Å²) in [6.07, 6.45) is -3.77. The molecular weight excluding hydrogens is 392 g/mol. The highest BCUT2D eigenvalue weighted by Crippen LogP contribution is 2.70. The Labute approximate surface area is 176 Å². The summed E-state index contributed by atoms with van der Waals surface area (Å²) in [5, 5.41) is 67.9. The molecule has 1 spiro atoms. The maximum absolute atomic E-state index is 11.9. The van der Waals surface area contributed by atoms with Crippen molar-refractivity contribution in [3.8, 4) is 0 Å². The first-order chi connectivity index (χ1) is 13.5. The van der Waals surface area contributed by atoms with E-state index in [1.54, 1.807) is 20.8 Å². The molecule has 30 heavy (non-hydrogen) atoms. The lowest BCUT2D eigenvalue weighted by Crippen LogP contribution is -2.62. The number of hydrogen-bond donors (Lipinski definition) is 6. The van der Waals surface area contributed by atoms with Crippen molar-refractivity contribution in [2.75, 3.05) is 0 Å². The molecule has 11 atom stereocenters. The molecule has 0 unspecified atom stereocenters. The lowest BCUT2D eigenvalue weighted by Gasteiger charge is -2.52. The van der Waals surface area contributed by atoms with Gasteiger partial charge in [-0.1, -0.05) is 13.8 Å². The summed E-state index contributed by atoms with van der Waals surface area (Å²) in [7, 11) is 0. The Hall–Kier alpha value is -0.770. The summed E-state index contributed by atoms with van der Waals surface area (Å²) in [5.74, 6) is -2.63. The van der Waals surface area contributed by atoms with Gasteiger partial charge in [-0.3, -0.25) is 4.79 Å². The first-order valence-electron chi connectivity index (χ1n) is 10.9. The van der Waals surface area contributed by atoms with Gasteiger partial charge >= 0.3 is 5.97 Å². The third-order valence-electron chi connectivity index (χ3n) is 9.50. The van der Waals surface area contributed by atoms with Crippen molar-refractivity contribution in [1.29, 1.82) is 0 Å². The summed E-state index contributed by atoms with van der Waals surface area (Å²) in [4.78, 5) is 11.9. The number of carbonyl (C=O) groups excluding carboxylic acids is 1. The number of carbonyl (C=O) groups is 1. The van der Waals surface area contributed by atoms with Crippen molar-refractivity contribution >= 4 is 5.97 Å². The van der Waals surface area contributed by atoms with Crippen LogP contribution in [0.3, 0.4) is 0 Å². The standard InChI is InChI=1S/C22H36O8/c1-10(23)30-17-11-6-7-12-20(5,28)15-14(25)16(26)18(2,3)22(15,29)13(24)8-21(12,17)9-19(11,4)27/h11-17,24-29H,6-9H2,1-5H3/t11-,12+,13+,14-,15+,16+,17-,19-,20-,21+,22-/m1/s1. The molecule has 0 heterocycles. The maximum Gasteiger partial charge on any atom is 0.302 e. The molecule has 8 heteroatoms. The zero-order chi connectivity index (χ0) is 22.7. The van der Waals surface area contributed by atoms with Crippen LogP contribution in [0, 0.1) is 28.6 Å². The fourth-order valence-corrected chi connectivity index (χ4v) is 8.29. The second kappa shape index (κ2) is 6.17. The maximum atomic E-state index is 11.9. The van der Waals surface area contributed by atoms with Gasteiger partial charge in [-0.2, -0.15) is 0 Å². The summed E-state index contributed by atoms with van der Waals surface area (Å²) < 4.78 is 5.71. The largest absolute Gasteiger partial charge is 0.462 e. The number of rotatable bonds is 1. The van der Waals surface area contributed by atoms with Gasteiger partial charge in [-0.15, -0.1) is 0 Å². The van der Waals surface area contributed by atoms with Crippen molar-refractivity contribution in [3.05, 3.63) is 0 Å². The molecule has 0 aliphatic heterocycles. The molecule has 0 amide bonds. The second-order valence-electron chi connectivity index (χ2n) is 11.4. The SMILES string of the molecule is CC(=O)O[C@@H]1[C@H]2CC[C@H]3[C@@](C)(O)[C@@H]4[C@@H](O)[C@H](O)C(C)(C)[C@@]4(O)[C@@H](O)C[C@@]13C[C@@]2(C)O. The van der Waals surface area contributed by atoms with E-state index in [1.165, 1.54) is 13.8 Å². The van der Waals surface area contributed by atoms with Crippen molar-refractivity contribution in [2.24, 2.45) is 28.6 Å². The van der Waals surface area contributed by atoms with E-state index in [1.807, 2.05) is 0 Å². The first kappa shape index (κ1) is 22.4. The molecule has 0 aromatic rings. The number of fused-ring (bicyclic) bond motifs is 2. The lowest BCUT2D eigenvalue weighted by atomic mass is 9.57. The van der Waals surface area contributed by atoms with Gasteiger partial charge in [0, 0.05) is 29.6 Å². The molecule has 4 fully saturated rings. The number of hydrogen-bond acceptors (Lipinski definition) is 8. The van der Waals surface area contributed by atoms with Crippen LogP contribution in [0.5, 0.6) is 0 Å². The molecular formula is C22H36O8. The smallest absolute Gasteiger partial charge is 0.302 e. The summed E-state index contributed by atoms with van der Waals surface area (Å²) >= 11 is 0. The molecule has 4 rings (SSSR count). The summed E-state index contributed by atoms with van der Waals surface area (Å²) in [6, 6.07) is 0. The van der Waals surface area contributed by atoms with Crippen LogP contribution in [0.4, 0.5) is 0 Å². The van der Waals surface area contributed by atoms with Crippen LogP contribution in [0.1, 0.15) is 60.3 Å². The van der Waals surface area contributed by atoms with Crippen LogP contribution >= 0.6 is 0 Å². The van der Waals surface area contributed by atoms with Gasteiger partial charge in [-0.05, 0) is 45.4 Å². The number of aliphatic hydroxyl groups excluding tert-OH is 3. The van der Waals surface area contributed by atoms with Crippen LogP contribution in [-0.4, -0.2) is 77.8 Å². The van der Waals surface area contributed by atoms with E-state index in [0.717, 1.165) is 0 Å². The van der Waals surface area contributed by atoms with Crippen molar-refractivity contribution in [3.63, 3.8) is 0 Å². The molecule has 4 saturated carbocycles. The van der Waals surface area contributed by atoms with Crippen LogP contribution in [0.25, 0.3) is 0 Å². The van der Waals surface area contributed by atoms with E-state index < -0.39 is 69.9 Å². The predicted octanol–water partition coefficient (Wildman–Crippen LogP) is -0.290. The van der Waals surface area contributed by atoms with Crippen molar-refractivity contribution < 1.29 is 40.2 Å². The van der Waals surface area contributed by atoms with Crippen LogP contribution in [0.15, 0.2) is 0 Å². The fourth-order valence-electron chi connectivity index (χ4n) is 8.29. The number of aliphatic hydroxyl groups is 6. The highest BCUT2D eigenvalue weighted by atomic mass is 16.5. The van der Waals surface area contributed by atoms with Crippen LogP contribution in [-0.2, 0) is 9.53 Å². The molecule has 2 bridgehead atoms. The average molecular weight is 429 g/mol. The Bertz CT molecular complexity index is 747. The minimum absolute atomic E-state index is 0.0196. The first-order valence-corrected chi connectivity index (χ1v) is 10.9. The minimum atomic E-state index is -1.98. The Morgan fingerprint density at radius 3 is 2.17 bits per heavy atom. The second-order valence-corrected chi connectivity index (χ2v) is 11.4. The quantitative estimate of drug-likeness (QED) is 0.312. The van der Waals surface area contributed by atoms with Gasteiger partial charge in [0.1, 0.15) is 11.7 Å². The molecule has 0 aromatic heterocycles. The van der Waals surface area contributed by atoms with Crippen LogP contribution in [0.2, 0.25) is 0 Å². The third-order valence-corrected chi connectivity index (χ3v) is 9.50. The Balaban J connectivity index is 1.93. The highest BCUT2D eigenvalue weighted by molar-refractivity contribution is 5.66. The highest BCUT2D eigenvalue weighted by Gasteiger charge is 2.79. The monoisotopic (exact) mass is 428 g/mol. The van der Waals surface area contributed by atoms with Gasteiger partial charge in [0.15, 0.2) is 0 Å². The molecule has 8 nitrogen and oxygen atoms in total. The fraction of sp³-hybridized carbons (Fsp3) is 0.955. The zero-order valence-electron chi connectivity index (χ0n) is 18.4. The van der Waals surface area contributed by atoms with Gasteiger partial charge < -0.3 is 35.4 Å². The van der Waals surface area contributed by atoms with E-state index in [0.29, 0.717) is 12.8 Å². The van der Waals surface area contributed by atoms with E-state index in [-0.39, 0.29) is 18.8 Å². The summed E-state index contributed by atoms with van der Waals surface area (Å²) in [5.41, 5.74) is -7.11. The molecule has 4 aliphatic rings. The van der Waals surface area contributed by atoms with E-state index >= 15 is 0 Å². The molecule has 0 radical (unpaired) electrons.